The van der Waals surface area contributed by atoms with Gasteiger partial charge in [0.1, 0.15) is 11.4 Å². The lowest BCUT2D eigenvalue weighted by atomic mass is 10.0. The van der Waals surface area contributed by atoms with Gasteiger partial charge < -0.3 is 4.74 Å². The van der Waals surface area contributed by atoms with Crippen molar-refractivity contribution in [3.8, 4) is 0 Å². The molecular weight excluding hydrogens is 257 g/mol. The molecule has 0 heterocycles. The van der Waals surface area contributed by atoms with Crippen LogP contribution in [0.2, 0.25) is 5.02 Å². The average Bonchev–Trinajstić information content (AvgIpc) is 2.30. The molecule has 0 aliphatic carbocycles. The molecule has 3 nitrogen and oxygen atoms in total. The van der Waals surface area contributed by atoms with E-state index in [-0.39, 0.29) is 17.0 Å². The van der Waals surface area contributed by atoms with Crippen LogP contribution in [0.3, 0.4) is 0 Å². The molecule has 1 rings (SSSR count). The fourth-order valence-corrected chi connectivity index (χ4v) is 1.91. The average molecular weight is 274 g/mol. The van der Waals surface area contributed by atoms with Crippen LogP contribution in [0.4, 0.5) is 4.39 Å². The number of nitrogens with one attached hydrogen (secondary N) is 1. The fourth-order valence-electron chi connectivity index (χ4n) is 1.72. The molecule has 0 radical (unpaired) electrons. The summed E-state index contributed by atoms with van der Waals surface area (Å²) in [4.78, 5) is 11.6. The van der Waals surface area contributed by atoms with E-state index in [4.69, 9.17) is 16.3 Å². The molecule has 100 valence electrons. The van der Waals surface area contributed by atoms with Crippen molar-refractivity contribution in [2.75, 3.05) is 7.11 Å². The van der Waals surface area contributed by atoms with Gasteiger partial charge in [-0.15, -0.1) is 0 Å². The molecule has 0 aliphatic heterocycles. The highest BCUT2D eigenvalue weighted by Crippen LogP contribution is 2.22. The number of hydrogen-bond donors (Lipinski definition) is 1. The van der Waals surface area contributed by atoms with E-state index in [1.165, 1.54) is 13.2 Å². The summed E-state index contributed by atoms with van der Waals surface area (Å²) < 4.78 is 17.8. The summed E-state index contributed by atoms with van der Waals surface area (Å²) >= 11 is 5.72. The first-order valence-corrected chi connectivity index (χ1v) is 5.97. The minimum atomic E-state index is -0.824. The van der Waals surface area contributed by atoms with Gasteiger partial charge >= 0.3 is 5.97 Å². The molecular formula is C13H17ClFNO2. The first-order valence-electron chi connectivity index (χ1n) is 5.59. The lowest BCUT2D eigenvalue weighted by Crippen LogP contribution is -2.48. The number of halogens is 2. The Bertz CT molecular complexity index is 449. The second-order valence-corrected chi connectivity index (χ2v) is 5.06. The molecule has 0 bridgehead atoms. The number of rotatable bonds is 4. The van der Waals surface area contributed by atoms with Crippen molar-refractivity contribution in [1.29, 1.82) is 0 Å². The molecule has 1 N–H and O–H groups in total. The lowest BCUT2D eigenvalue weighted by Gasteiger charge is -2.27. The van der Waals surface area contributed by atoms with Crippen molar-refractivity contribution < 1.29 is 13.9 Å². The molecule has 0 saturated heterocycles. The Morgan fingerprint density at radius 2 is 2.11 bits per heavy atom. The minimum absolute atomic E-state index is 0.0667. The molecule has 0 saturated carbocycles. The van der Waals surface area contributed by atoms with E-state index in [2.05, 4.69) is 5.32 Å². The normalized spacial score (nSPS) is 13.2. The van der Waals surface area contributed by atoms with Crippen molar-refractivity contribution in [1.82, 2.24) is 5.32 Å². The van der Waals surface area contributed by atoms with Crippen molar-refractivity contribution >= 4 is 17.6 Å². The van der Waals surface area contributed by atoms with E-state index >= 15 is 0 Å². The summed E-state index contributed by atoms with van der Waals surface area (Å²) in [5, 5.41) is 3.18. The van der Waals surface area contributed by atoms with E-state index in [0.717, 1.165) is 5.56 Å². The van der Waals surface area contributed by atoms with Crippen LogP contribution in [-0.2, 0) is 9.53 Å². The highest BCUT2D eigenvalue weighted by atomic mass is 35.5. The maximum absolute atomic E-state index is 13.1. The molecule has 0 amide bonds. The van der Waals surface area contributed by atoms with E-state index in [0.29, 0.717) is 0 Å². The molecule has 5 heteroatoms. The molecule has 0 fully saturated rings. The Kier molecular flexibility index (Phi) is 4.71. The van der Waals surface area contributed by atoms with E-state index in [9.17, 15) is 9.18 Å². The van der Waals surface area contributed by atoms with Gasteiger partial charge in [-0.3, -0.25) is 10.1 Å². The third-order valence-electron chi connectivity index (χ3n) is 2.72. The second kappa shape index (κ2) is 5.67. The van der Waals surface area contributed by atoms with Crippen LogP contribution in [0.25, 0.3) is 0 Å². The number of carbonyl (C=O) groups excluding carboxylic acids is 1. The Hall–Kier alpha value is -1.13. The topological polar surface area (TPSA) is 38.3 Å². The minimum Gasteiger partial charge on any atom is -0.468 e. The number of methoxy groups -OCH3 is 1. The van der Waals surface area contributed by atoms with Gasteiger partial charge in [-0.1, -0.05) is 17.7 Å². The van der Waals surface area contributed by atoms with Gasteiger partial charge in [-0.2, -0.15) is 0 Å². The third kappa shape index (κ3) is 3.43. The van der Waals surface area contributed by atoms with Crippen LogP contribution in [-0.4, -0.2) is 18.6 Å². The maximum Gasteiger partial charge on any atom is 0.325 e. The monoisotopic (exact) mass is 273 g/mol. The predicted octanol–water partition coefficient (Wildman–Crippen LogP) is 3.08. The number of benzene rings is 1. The molecule has 1 aromatic carbocycles. The van der Waals surface area contributed by atoms with Crippen LogP contribution in [0, 0.1) is 5.82 Å². The lowest BCUT2D eigenvalue weighted by molar-refractivity contribution is -0.147. The van der Waals surface area contributed by atoms with Crippen LogP contribution < -0.4 is 5.32 Å². The quantitative estimate of drug-likeness (QED) is 0.857. The van der Waals surface area contributed by atoms with Gasteiger partial charge in [0, 0.05) is 6.04 Å². The van der Waals surface area contributed by atoms with Gasteiger partial charge in [0.05, 0.1) is 12.1 Å². The number of carbonyl (C=O) groups is 1. The van der Waals surface area contributed by atoms with Gasteiger partial charge in [0.15, 0.2) is 0 Å². The molecule has 18 heavy (non-hydrogen) atoms. The standard InChI is InChI=1S/C13H17ClFNO2/c1-8(16-13(2,3)12(17)18-4)9-5-6-11(15)10(14)7-9/h5-8,16H,1-4H3. The van der Waals surface area contributed by atoms with Gasteiger partial charge in [0.2, 0.25) is 0 Å². The number of ether oxygens (including phenoxy) is 1. The molecule has 0 aromatic heterocycles. The van der Waals surface area contributed by atoms with E-state index in [1.54, 1.807) is 26.0 Å². The van der Waals surface area contributed by atoms with Crippen molar-refractivity contribution in [3.63, 3.8) is 0 Å². The van der Waals surface area contributed by atoms with Crippen molar-refractivity contribution in [2.24, 2.45) is 0 Å². The zero-order valence-electron chi connectivity index (χ0n) is 10.9. The summed E-state index contributed by atoms with van der Waals surface area (Å²) in [6, 6.07) is 4.33. The number of esters is 1. The highest BCUT2D eigenvalue weighted by Gasteiger charge is 2.30. The molecule has 0 spiro atoms. The second-order valence-electron chi connectivity index (χ2n) is 4.66. The van der Waals surface area contributed by atoms with Crippen LogP contribution >= 0.6 is 11.6 Å². The highest BCUT2D eigenvalue weighted by molar-refractivity contribution is 6.30. The van der Waals surface area contributed by atoms with Crippen LogP contribution in [0.1, 0.15) is 32.4 Å². The summed E-state index contributed by atoms with van der Waals surface area (Å²) in [5.41, 5.74) is -0.0203. The summed E-state index contributed by atoms with van der Waals surface area (Å²) in [5.74, 6) is -0.817. The predicted molar refractivity (Wildman–Crippen MR) is 69.1 cm³/mol. The Labute approximate surface area is 111 Å². The van der Waals surface area contributed by atoms with Crippen LogP contribution in [0.15, 0.2) is 18.2 Å². The van der Waals surface area contributed by atoms with Gasteiger partial charge in [0.25, 0.3) is 0 Å². The van der Waals surface area contributed by atoms with E-state index < -0.39 is 11.4 Å². The van der Waals surface area contributed by atoms with E-state index in [1.807, 2.05) is 6.92 Å². The van der Waals surface area contributed by atoms with Crippen molar-refractivity contribution in [3.05, 3.63) is 34.6 Å². The largest absolute Gasteiger partial charge is 0.468 e. The van der Waals surface area contributed by atoms with Gasteiger partial charge in [-0.25, -0.2) is 4.39 Å². The first kappa shape index (κ1) is 14.9. The maximum atomic E-state index is 13.1. The number of hydrogen-bond acceptors (Lipinski definition) is 3. The van der Waals surface area contributed by atoms with Crippen molar-refractivity contribution in [2.45, 2.75) is 32.4 Å². The molecule has 1 atom stereocenters. The van der Waals surface area contributed by atoms with Crippen LogP contribution in [0.5, 0.6) is 0 Å². The smallest absolute Gasteiger partial charge is 0.325 e. The molecule has 0 aliphatic rings. The summed E-state index contributed by atoms with van der Waals surface area (Å²) in [6.07, 6.45) is 0. The zero-order chi connectivity index (χ0) is 13.9. The Morgan fingerprint density at radius 3 is 2.61 bits per heavy atom. The summed E-state index contributed by atoms with van der Waals surface area (Å²) in [6.45, 7) is 5.31. The Morgan fingerprint density at radius 1 is 1.50 bits per heavy atom. The molecule has 1 unspecified atom stereocenters. The first-order chi connectivity index (χ1) is 8.27. The molecule has 1 aromatic rings. The zero-order valence-corrected chi connectivity index (χ0v) is 11.6. The third-order valence-corrected chi connectivity index (χ3v) is 3.01. The SMILES string of the molecule is COC(=O)C(C)(C)NC(C)c1ccc(F)c(Cl)c1. The fraction of sp³-hybridized carbons (Fsp3) is 0.462. The summed E-state index contributed by atoms with van der Waals surface area (Å²) in [7, 11) is 1.34. The Balaban J connectivity index is 2.85. The van der Waals surface area contributed by atoms with Gasteiger partial charge in [-0.05, 0) is 38.5 Å².